The molecule has 0 unspecified atom stereocenters. The number of aryl methyl sites for hydroxylation is 2. The highest BCUT2D eigenvalue weighted by atomic mass is 16.3. The third-order valence-electron chi connectivity index (χ3n) is 7.51. The first-order valence-electron chi connectivity index (χ1n) is 13.1. The Hall–Kier alpha value is -4.75. The molecule has 39 heavy (non-hydrogen) atoms. The highest BCUT2D eigenvalue weighted by molar-refractivity contribution is 6.16. The maximum absolute atomic E-state index is 7.97. The number of hydrogen-bond acceptors (Lipinski definition) is 2. The second-order valence-electron chi connectivity index (χ2n) is 11.1. The third-order valence-corrected chi connectivity index (χ3v) is 7.51. The van der Waals surface area contributed by atoms with E-state index in [4.69, 9.17) is 11.0 Å². The van der Waals surface area contributed by atoms with Crippen LogP contribution in [0, 0.1) is 13.5 Å². The third kappa shape index (κ3) is 4.08. The molecule has 0 saturated heterocycles. The van der Waals surface area contributed by atoms with Gasteiger partial charge in [0.15, 0.2) is 11.9 Å². The Labute approximate surface area is 229 Å². The normalized spacial score (nSPS) is 11.7. The average Bonchev–Trinajstić information content (AvgIpc) is 3.32. The molecule has 6 rings (SSSR count). The van der Waals surface area contributed by atoms with Crippen molar-refractivity contribution in [2.75, 3.05) is 0 Å². The molecule has 0 atom stereocenters. The van der Waals surface area contributed by atoms with Gasteiger partial charge in [0, 0.05) is 16.3 Å². The SMILES string of the molecule is [C-]#[N+]c1ccc2c(oc3c(-c4cncc[n+]4C)c(C)cc(C(C)(C)C)c32)c1-c1ccc(-c2ccccc2)cc1. The Bertz CT molecular complexity index is 1900. The average molecular weight is 509 g/mol. The maximum atomic E-state index is 7.97. The van der Waals surface area contributed by atoms with Crippen molar-refractivity contribution in [2.45, 2.75) is 33.1 Å². The van der Waals surface area contributed by atoms with E-state index in [1.807, 2.05) is 49.8 Å². The van der Waals surface area contributed by atoms with Crippen LogP contribution in [0.4, 0.5) is 5.69 Å². The molecule has 0 aliphatic rings. The molecule has 190 valence electrons. The molecule has 2 aromatic heterocycles. The predicted molar refractivity (Wildman–Crippen MR) is 159 cm³/mol. The number of nitrogens with zero attached hydrogens (tertiary/aromatic N) is 3. The lowest BCUT2D eigenvalue weighted by atomic mass is 9.81. The first-order chi connectivity index (χ1) is 18.8. The molecule has 0 saturated carbocycles. The van der Waals surface area contributed by atoms with Gasteiger partial charge in [-0.2, -0.15) is 4.57 Å². The van der Waals surface area contributed by atoms with Crippen molar-refractivity contribution in [2.24, 2.45) is 7.05 Å². The standard InChI is InChI=1S/C35H30N3O/c1-22-20-27(35(2,3)4)32-26-16-17-28(36-5)31(25-14-12-24(13-15-25)23-10-8-7-9-11-23)33(26)39-34(32)30(22)29-21-37-18-19-38(29)6/h7-21H,1-4,6H3/q+1. The summed E-state index contributed by atoms with van der Waals surface area (Å²) in [5.74, 6) is 0. The van der Waals surface area contributed by atoms with Crippen LogP contribution < -0.4 is 4.57 Å². The van der Waals surface area contributed by atoms with Crippen molar-refractivity contribution in [1.82, 2.24) is 4.98 Å². The molecule has 0 fully saturated rings. The van der Waals surface area contributed by atoms with Gasteiger partial charge < -0.3 is 4.42 Å². The number of rotatable bonds is 3. The van der Waals surface area contributed by atoms with E-state index in [0.29, 0.717) is 5.69 Å². The van der Waals surface area contributed by atoms with E-state index in [1.165, 1.54) is 5.56 Å². The quantitative estimate of drug-likeness (QED) is 0.177. The van der Waals surface area contributed by atoms with Gasteiger partial charge in [0.2, 0.25) is 5.69 Å². The van der Waals surface area contributed by atoms with Crippen molar-refractivity contribution in [3.05, 3.63) is 114 Å². The highest BCUT2D eigenvalue weighted by Gasteiger charge is 2.29. The Morgan fingerprint density at radius 3 is 2.21 bits per heavy atom. The van der Waals surface area contributed by atoms with Crippen molar-refractivity contribution >= 4 is 27.6 Å². The van der Waals surface area contributed by atoms with Gasteiger partial charge in [-0.25, -0.2) is 4.85 Å². The van der Waals surface area contributed by atoms with Crippen LogP contribution >= 0.6 is 0 Å². The van der Waals surface area contributed by atoms with Crippen LogP contribution in [0.1, 0.15) is 31.9 Å². The fourth-order valence-corrected chi connectivity index (χ4v) is 5.54. The molecule has 0 radical (unpaired) electrons. The van der Waals surface area contributed by atoms with E-state index < -0.39 is 0 Å². The van der Waals surface area contributed by atoms with Crippen LogP contribution in [0.25, 0.3) is 60.3 Å². The molecule has 6 aromatic rings. The fourth-order valence-electron chi connectivity index (χ4n) is 5.54. The van der Waals surface area contributed by atoms with Crippen molar-refractivity contribution in [3.8, 4) is 33.5 Å². The van der Waals surface area contributed by atoms with Crippen molar-refractivity contribution in [1.29, 1.82) is 0 Å². The van der Waals surface area contributed by atoms with Gasteiger partial charge in [-0.3, -0.25) is 4.98 Å². The van der Waals surface area contributed by atoms with Crippen LogP contribution in [0.2, 0.25) is 0 Å². The molecular formula is C35H30N3O+. The molecule has 0 bridgehead atoms. The van der Waals surface area contributed by atoms with E-state index in [9.17, 15) is 0 Å². The van der Waals surface area contributed by atoms with Crippen molar-refractivity contribution in [3.63, 3.8) is 0 Å². The van der Waals surface area contributed by atoms with E-state index in [2.05, 4.69) is 84.6 Å². The summed E-state index contributed by atoms with van der Waals surface area (Å²) in [6, 6.07) is 25.0. The Morgan fingerprint density at radius 1 is 0.846 bits per heavy atom. The fraction of sp³-hybridized carbons (Fsp3) is 0.171. The molecule has 4 aromatic carbocycles. The van der Waals surface area contributed by atoms with Gasteiger partial charge in [-0.1, -0.05) is 93.6 Å². The minimum Gasteiger partial charge on any atom is -0.456 e. The second-order valence-corrected chi connectivity index (χ2v) is 11.1. The van der Waals surface area contributed by atoms with Crippen LogP contribution in [-0.2, 0) is 12.5 Å². The van der Waals surface area contributed by atoms with Gasteiger partial charge in [-0.05, 0) is 40.2 Å². The first-order valence-corrected chi connectivity index (χ1v) is 13.1. The Morgan fingerprint density at radius 2 is 1.54 bits per heavy atom. The number of benzene rings is 4. The Kier molecular flexibility index (Phi) is 5.81. The van der Waals surface area contributed by atoms with Gasteiger partial charge in [-0.15, -0.1) is 0 Å². The first kappa shape index (κ1) is 24.6. The van der Waals surface area contributed by atoms with Crippen molar-refractivity contribution < 1.29 is 8.98 Å². The summed E-state index contributed by atoms with van der Waals surface area (Å²) in [5.41, 5.74) is 10.5. The summed E-state index contributed by atoms with van der Waals surface area (Å²) in [7, 11) is 2.03. The number of aromatic nitrogens is 2. The highest BCUT2D eigenvalue weighted by Crippen LogP contribution is 2.47. The lowest BCUT2D eigenvalue weighted by molar-refractivity contribution is -0.660. The van der Waals surface area contributed by atoms with Crippen LogP contribution in [0.5, 0.6) is 0 Å². The summed E-state index contributed by atoms with van der Waals surface area (Å²) in [6.07, 6.45) is 5.63. The molecule has 0 spiro atoms. The van der Waals surface area contributed by atoms with Gasteiger partial charge in [0.1, 0.15) is 18.2 Å². The van der Waals surface area contributed by atoms with E-state index >= 15 is 0 Å². The van der Waals surface area contributed by atoms with E-state index in [0.717, 1.165) is 61.0 Å². The minimum absolute atomic E-state index is 0.106. The molecule has 0 aliphatic carbocycles. The zero-order valence-electron chi connectivity index (χ0n) is 22.9. The summed E-state index contributed by atoms with van der Waals surface area (Å²) in [5, 5.41) is 2.12. The summed E-state index contributed by atoms with van der Waals surface area (Å²) in [4.78, 5) is 8.33. The molecule has 0 aliphatic heterocycles. The number of fused-ring (bicyclic) bond motifs is 3. The molecule has 0 N–H and O–H groups in total. The molecule has 4 heteroatoms. The van der Waals surface area contributed by atoms with E-state index in [-0.39, 0.29) is 5.41 Å². The lowest BCUT2D eigenvalue weighted by Gasteiger charge is -2.22. The van der Waals surface area contributed by atoms with Gasteiger partial charge in [0.05, 0.1) is 24.5 Å². The largest absolute Gasteiger partial charge is 0.456 e. The van der Waals surface area contributed by atoms with Gasteiger partial charge in [0.25, 0.3) is 0 Å². The summed E-state index contributed by atoms with van der Waals surface area (Å²) < 4.78 is 8.94. The van der Waals surface area contributed by atoms with Crippen LogP contribution in [0.15, 0.2) is 95.8 Å². The zero-order valence-corrected chi connectivity index (χ0v) is 22.9. The second kappa shape index (κ2) is 9.22. The minimum atomic E-state index is -0.106. The molecule has 4 nitrogen and oxygen atoms in total. The molecule has 2 heterocycles. The summed E-state index contributed by atoms with van der Waals surface area (Å²) in [6.45, 7) is 16.8. The predicted octanol–water partition coefficient (Wildman–Crippen LogP) is 8.96. The smallest absolute Gasteiger partial charge is 0.234 e. The summed E-state index contributed by atoms with van der Waals surface area (Å²) >= 11 is 0. The zero-order chi connectivity index (χ0) is 27.3. The molecule has 0 amide bonds. The van der Waals surface area contributed by atoms with Crippen LogP contribution in [0.3, 0.4) is 0 Å². The topological polar surface area (TPSA) is 34.3 Å². The van der Waals surface area contributed by atoms with Gasteiger partial charge >= 0.3 is 0 Å². The monoisotopic (exact) mass is 508 g/mol. The number of hydrogen-bond donors (Lipinski definition) is 0. The number of furan rings is 1. The Balaban J connectivity index is 1.69. The maximum Gasteiger partial charge on any atom is 0.234 e. The lowest BCUT2D eigenvalue weighted by Crippen LogP contribution is -2.30. The molecular weight excluding hydrogens is 478 g/mol. The van der Waals surface area contributed by atoms with Crippen LogP contribution in [-0.4, -0.2) is 4.98 Å². The van der Waals surface area contributed by atoms with E-state index in [1.54, 1.807) is 6.20 Å².